The molecule has 0 unspecified atom stereocenters. The number of thioether (sulfide) groups is 1. The van der Waals surface area contributed by atoms with Crippen molar-refractivity contribution in [2.24, 2.45) is 0 Å². The summed E-state index contributed by atoms with van der Waals surface area (Å²) in [7, 11) is 4.99. The molecular formula is C21H23N3O3S. The topological polar surface area (TPSA) is 64.5 Å². The molecule has 0 radical (unpaired) electrons. The average Bonchev–Trinajstić information content (AvgIpc) is 2.71. The maximum atomic E-state index is 12.6. The fraction of sp³-hybridized carbons (Fsp3) is 0.286. The van der Waals surface area contributed by atoms with Crippen LogP contribution < -0.4 is 9.47 Å². The van der Waals surface area contributed by atoms with Crippen molar-refractivity contribution < 1.29 is 14.3 Å². The average molecular weight is 398 g/mol. The maximum absolute atomic E-state index is 12.6. The van der Waals surface area contributed by atoms with Gasteiger partial charge in [-0.3, -0.25) is 4.79 Å². The smallest absolute Gasteiger partial charge is 0.233 e. The number of amides is 1. The van der Waals surface area contributed by atoms with Crippen LogP contribution >= 0.6 is 11.8 Å². The summed E-state index contributed by atoms with van der Waals surface area (Å²) in [5.41, 5.74) is 1.87. The van der Waals surface area contributed by atoms with E-state index in [1.165, 1.54) is 11.8 Å². The number of aryl methyl sites for hydroxylation is 1. The number of carbonyl (C=O) groups is 1. The van der Waals surface area contributed by atoms with Gasteiger partial charge < -0.3 is 14.4 Å². The molecule has 0 N–H and O–H groups in total. The highest BCUT2D eigenvalue weighted by Gasteiger charge is 2.14. The minimum atomic E-state index is 0.0279. The molecule has 3 rings (SSSR count). The highest BCUT2D eigenvalue weighted by molar-refractivity contribution is 8.00. The molecule has 1 aromatic heterocycles. The van der Waals surface area contributed by atoms with Gasteiger partial charge in [0.1, 0.15) is 10.9 Å². The van der Waals surface area contributed by atoms with Crippen LogP contribution in [0.1, 0.15) is 11.4 Å². The lowest BCUT2D eigenvalue weighted by molar-refractivity contribution is -0.127. The highest BCUT2D eigenvalue weighted by Crippen LogP contribution is 2.28. The van der Waals surface area contributed by atoms with Crippen LogP contribution in [0.25, 0.3) is 10.9 Å². The monoisotopic (exact) mass is 397 g/mol. The van der Waals surface area contributed by atoms with Gasteiger partial charge in [-0.2, -0.15) is 0 Å². The Morgan fingerprint density at radius 2 is 1.82 bits per heavy atom. The number of hydrogen-bond acceptors (Lipinski definition) is 6. The molecule has 28 heavy (non-hydrogen) atoms. The van der Waals surface area contributed by atoms with E-state index in [0.717, 1.165) is 21.5 Å². The number of aromatic nitrogens is 2. The van der Waals surface area contributed by atoms with Crippen molar-refractivity contribution in [2.45, 2.75) is 18.5 Å². The van der Waals surface area contributed by atoms with Crippen molar-refractivity contribution in [2.75, 3.05) is 27.0 Å². The molecule has 0 saturated heterocycles. The number of benzene rings is 2. The first-order valence-electron chi connectivity index (χ1n) is 8.83. The van der Waals surface area contributed by atoms with Crippen LogP contribution in [-0.2, 0) is 11.3 Å². The lowest BCUT2D eigenvalue weighted by Gasteiger charge is -2.18. The molecular weight excluding hydrogens is 374 g/mol. The number of carbonyl (C=O) groups excluding carboxylic acids is 1. The van der Waals surface area contributed by atoms with Gasteiger partial charge in [-0.25, -0.2) is 9.97 Å². The zero-order chi connectivity index (χ0) is 20.1. The van der Waals surface area contributed by atoms with Gasteiger partial charge in [-0.05, 0) is 30.7 Å². The standard InChI is InChI=1S/C21H23N3O3S/c1-14-22-17-8-6-5-7-16(17)21(23-14)28-13-20(25)24(2)12-15-9-10-18(26-3)19(11-15)27-4/h5-11H,12-13H2,1-4H3. The van der Waals surface area contributed by atoms with Crippen LogP contribution in [-0.4, -0.2) is 47.8 Å². The number of hydrogen-bond donors (Lipinski definition) is 0. The van der Waals surface area contributed by atoms with Gasteiger partial charge in [0.2, 0.25) is 5.91 Å². The molecule has 0 spiro atoms. The summed E-state index contributed by atoms with van der Waals surface area (Å²) >= 11 is 1.44. The molecule has 6 nitrogen and oxygen atoms in total. The van der Waals surface area contributed by atoms with Gasteiger partial charge in [-0.15, -0.1) is 0 Å². The molecule has 0 fully saturated rings. The van der Waals surface area contributed by atoms with Crippen LogP contribution in [0.4, 0.5) is 0 Å². The number of fused-ring (bicyclic) bond motifs is 1. The van der Waals surface area contributed by atoms with Crippen molar-refractivity contribution in [3.8, 4) is 11.5 Å². The Kier molecular flexibility index (Phi) is 6.36. The fourth-order valence-electron chi connectivity index (χ4n) is 2.85. The first kappa shape index (κ1) is 19.9. The van der Waals surface area contributed by atoms with E-state index in [-0.39, 0.29) is 5.91 Å². The van der Waals surface area contributed by atoms with E-state index in [0.29, 0.717) is 29.6 Å². The molecule has 2 aromatic carbocycles. The van der Waals surface area contributed by atoms with Crippen LogP contribution in [0.2, 0.25) is 0 Å². The molecule has 3 aromatic rings. The second-order valence-electron chi connectivity index (χ2n) is 6.32. The molecule has 1 amide bonds. The number of ether oxygens (including phenoxy) is 2. The Labute approximate surface area is 168 Å². The fourth-order valence-corrected chi connectivity index (χ4v) is 3.86. The number of methoxy groups -OCH3 is 2. The van der Waals surface area contributed by atoms with Crippen LogP contribution in [0.3, 0.4) is 0 Å². The molecule has 0 atom stereocenters. The summed E-state index contributed by atoms with van der Waals surface area (Å²) in [5, 5.41) is 1.80. The van der Waals surface area contributed by atoms with E-state index in [4.69, 9.17) is 9.47 Å². The third-order valence-corrected chi connectivity index (χ3v) is 5.28. The number of para-hydroxylation sites is 1. The van der Waals surface area contributed by atoms with Crippen molar-refractivity contribution in [1.82, 2.24) is 14.9 Å². The predicted octanol–water partition coefficient (Wildman–Crippen LogP) is 3.71. The molecule has 146 valence electrons. The molecule has 0 aliphatic carbocycles. The third-order valence-electron chi connectivity index (χ3n) is 4.31. The van der Waals surface area contributed by atoms with Gasteiger partial charge in [0.25, 0.3) is 0 Å². The molecule has 7 heteroatoms. The Morgan fingerprint density at radius 3 is 2.57 bits per heavy atom. The molecule has 0 saturated carbocycles. The SMILES string of the molecule is COc1ccc(CN(C)C(=O)CSc2nc(C)nc3ccccc23)cc1OC. The van der Waals surface area contributed by atoms with E-state index < -0.39 is 0 Å². The number of rotatable bonds is 7. The summed E-state index contributed by atoms with van der Waals surface area (Å²) in [6, 6.07) is 13.5. The summed E-state index contributed by atoms with van der Waals surface area (Å²) < 4.78 is 10.6. The van der Waals surface area contributed by atoms with Crippen molar-refractivity contribution in [1.29, 1.82) is 0 Å². The van der Waals surface area contributed by atoms with E-state index in [2.05, 4.69) is 9.97 Å². The van der Waals surface area contributed by atoms with E-state index in [9.17, 15) is 4.79 Å². The van der Waals surface area contributed by atoms with E-state index in [1.807, 2.05) is 49.4 Å². The first-order valence-corrected chi connectivity index (χ1v) is 9.81. The second-order valence-corrected chi connectivity index (χ2v) is 7.28. The van der Waals surface area contributed by atoms with Crippen molar-refractivity contribution >= 4 is 28.6 Å². The van der Waals surface area contributed by atoms with Crippen molar-refractivity contribution in [3.63, 3.8) is 0 Å². The van der Waals surface area contributed by atoms with E-state index >= 15 is 0 Å². The summed E-state index contributed by atoms with van der Waals surface area (Å²) in [5.74, 6) is 2.36. The van der Waals surface area contributed by atoms with Crippen LogP contribution in [0.5, 0.6) is 11.5 Å². The normalized spacial score (nSPS) is 10.7. The van der Waals surface area contributed by atoms with Gasteiger partial charge >= 0.3 is 0 Å². The quantitative estimate of drug-likeness (QED) is 0.447. The second kappa shape index (κ2) is 8.93. The van der Waals surface area contributed by atoms with Crippen LogP contribution in [0, 0.1) is 6.92 Å². The molecule has 1 heterocycles. The van der Waals surface area contributed by atoms with Gasteiger partial charge in [0.15, 0.2) is 11.5 Å². The van der Waals surface area contributed by atoms with Gasteiger partial charge in [0, 0.05) is 19.0 Å². The molecule has 0 bridgehead atoms. The van der Waals surface area contributed by atoms with Gasteiger partial charge in [0.05, 0.1) is 25.5 Å². The largest absolute Gasteiger partial charge is 0.493 e. The summed E-state index contributed by atoms with van der Waals surface area (Å²) in [4.78, 5) is 23.3. The Bertz CT molecular complexity index is 994. The maximum Gasteiger partial charge on any atom is 0.233 e. The van der Waals surface area contributed by atoms with E-state index in [1.54, 1.807) is 26.2 Å². The lowest BCUT2D eigenvalue weighted by Crippen LogP contribution is -2.27. The first-order chi connectivity index (χ1) is 13.5. The molecule has 0 aliphatic rings. The zero-order valence-corrected chi connectivity index (χ0v) is 17.2. The Morgan fingerprint density at radius 1 is 1.07 bits per heavy atom. The zero-order valence-electron chi connectivity index (χ0n) is 16.4. The van der Waals surface area contributed by atoms with Crippen molar-refractivity contribution in [3.05, 3.63) is 53.9 Å². The minimum absolute atomic E-state index is 0.0279. The number of nitrogens with zero attached hydrogens (tertiary/aromatic N) is 3. The summed E-state index contributed by atoms with van der Waals surface area (Å²) in [6.45, 7) is 2.35. The Balaban J connectivity index is 1.67. The predicted molar refractivity (Wildman–Crippen MR) is 111 cm³/mol. The van der Waals surface area contributed by atoms with Crippen LogP contribution in [0.15, 0.2) is 47.5 Å². The third kappa shape index (κ3) is 4.54. The summed E-state index contributed by atoms with van der Waals surface area (Å²) in [6.07, 6.45) is 0. The molecule has 0 aliphatic heterocycles. The highest BCUT2D eigenvalue weighted by atomic mass is 32.2. The lowest BCUT2D eigenvalue weighted by atomic mass is 10.2. The Hall–Kier alpha value is -2.80. The van der Waals surface area contributed by atoms with Gasteiger partial charge in [-0.1, -0.05) is 36.0 Å². The minimum Gasteiger partial charge on any atom is -0.493 e.